The number of benzene rings is 2. The number of halogens is 2. The molecule has 0 aliphatic heterocycles. The minimum Gasteiger partial charge on any atom is -0.331 e. The summed E-state index contributed by atoms with van der Waals surface area (Å²) < 4.78 is 26.9. The van der Waals surface area contributed by atoms with Crippen molar-refractivity contribution in [3.8, 4) is 11.3 Å². The molecule has 2 aromatic heterocycles. The number of hydrogen-bond donors (Lipinski definition) is 2. The number of amides is 1. The molecule has 2 N–H and O–H groups in total. The Morgan fingerprint density at radius 1 is 1.00 bits per heavy atom. The monoisotopic (exact) mass is 422 g/mol. The highest BCUT2D eigenvalue weighted by molar-refractivity contribution is 7.14. The summed E-state index contributed by atoms with van der Waals surface area (Å²) in [7, 11) is 0. The Morgan fingerprint density at radius 2 is 1.80 bits per heavy atom. The zero-order chi connectivity index (χ0) is 21.1. The van der Waals surface area contributed by atoms with E-state index in [1.54, 1.807) is 30.6 Å². The minimum atomic E-state index is -0.833. The van der Waals surface area contributed by atoms with Crippen LogP contribution in [0.15, 0.2) is 66.3 Å². The number of anilines is 3. The molecule has 0 aliphatic carbocycles. The van der Waals surface area contributed by atoms with E-state index in [2.05, 4.69) is 20.6 Å². The Kier molecular flexibility index (Phi) is 5.49. The first-order valence-electron chi connectivity index (χ1n) is 8.99. The smallest absolute Gasteiger partial charge is 0.255 e. The Bertz CT molecular complexity index is 1210. The predicted molar refractivity (Wildman–Crippen MR) is 114 cm³/mol. The summed E-state index contributed by atoms with van der Waals surface area (Å²) in [6.45, 7) is 1.90. The molecule has 0 aliphatic rings. The van der Waals surface area contributed by atoms with Gasteiger partial charge in [0.15, 0.2) is 5.13 Å². The van der Waals surface area contributed by atoms with E-state index >= 15 is 0 Å². The highest BCUT2D eigenvalue weighted by atomic mass is 32.1. The summed E-state index contributed by atoms with van der Waals surface area (Å²) in [5.41, 5.74) is 3.65. The average Bonchev–Trinajstić information content (AvgIpc) is 3.21. The van der Waals surface area contributed by atoms with Gasteiger partial charge in [-0.1, -0.05) is 6.07 Å². The molecule has 4 rings (SSSR count). The van der Waals surface area contributed by atoms with E-state index in [0.29, 0.717) is 16.4 Å². The Balaban J connectivity index is 1.53. The van der Waals surface area contributed by atoms with Crippen LogP contribution in [0.3, 0.4) is 0 Å². The van der Waals surface area contributed by atoms with Crippen molar-refractivity contribution in [1.29, 1.82) is 0 Å². The van der Waals surface area contributed by atoms with Crippen molar-refractivity contribution in [1.82, 2.24) is 9.97 Å². The van der Waals surface area contributed by atoms with Crippen molar-refractivity contribution < 1.29 is 13.6 Å². The number of aryl methyl sites for hydroxylation is 1. The molecule has 0 unspecified atom stereocenters. The SMILES string of the molecule is Cc1ccc(C(=O)Nc2ccc(F)cc2F)cc1Nc1nc(-c2ccncc2)cs1. The third-order valence-electron chi connectivity index (χ3n) is 4.40. The second-order valence-electron chi connectivity index (χ2n) is 6.51. The number of nitrogens with zero attached hydrogens (tertiary/aromatic N) is 2. The molecular formula is C22H16F2N4OS. The van der Waals surface area contributed by atoms with Crippen molar-refractivity contribution in [2.45, 2.75) is 6.92 Å². The quantitative estimate of drug-likeness (QED) is 0.427. The highest BCUT2D eigenvalue weighted by Gasteiger charge is 2.13. The first-order valence-corrected chi connectivity index (χ1v) is 9.87. The number of aromatic nitrogens is 2. The normalized spacial score (nSPS) is 10.6. The molecule has 8 heteroatoms. The molecule has 0 atom stereocenters. The summed E-state index contributed by atoms with van der Waals surface area (Å²) in [6, 6.07) is 11.8. The van der Waals surface area contributed by atoms with Crippen molar-refractivity contribution in [3.05, 3.63) is 89.1 Å². The van der Waals surface area contributed by atoms with Gasteiger partial charge in [-0.15, -0.1) is 11.3 Å². The first-order chi connectivity index (χ1) is 14.5. The fraction of sp³-hybridized carbons (Fsp3) is 0.0455. The van der Waals surface area contributed by atoms with Crippen LogP contribution in [0.25, 0.3) is 11.3 Å². The van der Waals surface area contributed by atoms with Gasteiger partial charge in [0, 0.05) is 40.7 Å². The summed E-state index contributed by atoms with van der Waals surface area (Å²) in [4.78, 5) is 21.1. The van der Waals surface area contributed by atoms with Gasteiger partial charge in [-0.05, 0) is 48.9 Å². The van der Waals surface area contributed by atoms with Crippen LogP contribution in [0.4, 0.5) is 25.3 Å². The zero-order valence-corrected chi connectivity index (χ0v) is 16.6. The van der Waals surface area contributed by atoms with Crippen LogP contribution >= 0.6 is 11.3 Å². The van der Waals surface area contributed by atoms with Gasteiger partial charge in [0.25, 0.3) is 5.91 Å². The Labute approximate surface area is 175 Å². The van der Waals surface area contributed by atoms with Crippen LogP contribution in [0, 0.1) is 18.6 Å². The topological polar surface area (TPSA) is 66.9 Å². The summed E-state index contributed by atoms with van der Waals surface area (Å²) >= 11 is 1.44. The molecular weight excluding hydrogens is 406 g/mol. The van der Waals surface area contributed by atoms with Crippen molar-refractivity contribution >= 4 is 33.8 Å². The van der Waals surface area contributed by atoms with Gasteiger partial charge < -0.3 is 10.6 Å². The number of carbonyl (C=O) groups excluding carboxylic acids is 1. The number of nitrogens with one attached hydrogen (secondary N) is 2. The molecule has 5 nitrogen and oxygen atoms in total. The van der Waals surface area contributed by atoms with Crippen molar-refractivity contribution in [2.75, 3.05) is 10.6 Å². The highest BCUT2D eigenvalue weighted by Crippen LogP contribution is 2.29. The zero-order valence-electron chi connectivity index (χ0n) is 15.8. The van der Waals surface area contributed by atoms with E-state index in [1.807, 2.05) is 24.4 Å². The number of thiazole rings is 1. The summed E-state index contributed by atoms with van der Waals surface area (Å²) in [5.74, 6) is -2.04. The maximum atomic E-state index is 13.8. The van der Waals surface area contributed by atoms with Gasteiger partial charge >= 0.3 is 0 Å². The summed E-state index contributed by atoms with van der Waals surface area (Å²) in [6.07, 6.45) is 3.41. The van der Waals surface area contributed by atoms with Crippen molar-refractivity contribution in [2.24, 2.45) is 0 Å². The molecule has 1 amide bonds. The Hall–Kier alpha value is -3.65. The van der Waals surface area contributed by atoms with Gasteiger partial charge in [0.2, 0.25) is 0 Å². The number of pyridine rings is 1. The van der Waals surface area contributed by atoms with Crippen LogP contribution in [-0.4, -0.2) is 15.9 Å². The van der Waals surface area contributed by atoms with E-state index in [-0.39, 0.29) is 5.69 Å². The second-order valence-corrected chi connectivity index (χ2v) is 7.36. The van der Waals surface area contributed by atoms with E-state index in [9.17, 15) is 13.6 Å². The van der Waals surface area contributed by atoms with Crippen LogP contribution < -0.4 is 10.6 Å². The molecule has 0 saturated carbocycles. The first kappa shape index (κ1) is 19.7. The van der Waals surface area contributed by atoms with Crippen LogP contribution in [0.5, 0.6) is 0 Å². The van der Waals surface area contributed by atoms with Gasteiger partial charge in [-0.3, -0.25) is 9.78 Å². The van der Waals surface area contributed by atoms with E-state index in [1.165, 1.54) is 17.4 Å². The van der Waals surface area contributed by atoms with E-state index < -0.39 is 17.5 Å². The number of hydrogen-bond acceptors (Lipinski definition) is 5. The molecule has 0 spiro atoms. The fourth-order valence-corrected chi connectivity index (χ4v) is 3.52. The lowest BCUT2D eigenvalue weighted by Crippen LogP contribution is -2.13. The lowest BCUT2D eigenvalue weighted by molar-refractivity contribution is 0.102. The molecule has 150 valence electrons. The molecule has 2 heterocycles. The molecule has 30 heavy (non-hydrogen) atoms. The van der Waals surface area contributed by atoms with Gasteiger partial charge in [0.1, 0.15) is 11.6 Å². The van der Waals surface area contributed by atoms with Crippen LogP contribution in [0.2, 0.25) is 0 Å². The third-order valence-corrected chi connectivity index (χ3v) is 5.16. The number of rotatable bonds is 5. The molecule has 4 aromatic rings. The average molecular weight is 422 g/mol. The molecule has 0 bridgehead atoms. The van der Waals surface area contributed by atoms with Crippen LogP contribution in [0.1, 0.15) is 15.9 Å². The predicted octanol–water partition coefficient (Wildman–Crippen LogP) is 5.79. The Morgan fingerprint density at radius 3 is 2.57 bits per heavy atom. The standard InChI is InChI=1S/C22H16F2N4OS/c1-13-2-3-15(21(29)26-18-5-4-16(23)11-17(18)24)10-19(13)27-22-28-20(12-30-22)14-6-8-25-9-7-14/h2-12H,1H3,(H,26,29)(H,27,28). The van der Waals surface area contributed by atoms with E-state index in [4.69, 9.17) is 0 Å². The minimum absolute atomic E-state index is 0.0848. The van der Waals surface area contributed by atoms with Gasteiger partial charge in [-0.25, -0.2) is 13.8 Å². The van der Waals surface area contributed by atoms with E-state index in [0.717, 1.165) is 29.0 Å². The van der Waals surface area contributed by atoms with Crippen LogP contribution in [-0.2, 0) is 0 Å². The van der Waals surface area contributed by atoms with Gasteiger partial charge in [-0.2, -0.15) is 0 Å². The maximum absolute atomic E-state index is 13.8. The fourth-order valence-electron chi connectivity index (χ4n) is 2.78. The number of carbonyl (C=O) groups is 1. The summed E-state index contributed by atoms with van der Waals surface area (Å²) in [5, 5.41) is 8.30. The second kappa shape index (κ2) is 8.38. The third kappa shape index (κ3) is 4.33. The largest absolute Gasteiger partial charge is 0.331 e. The lowest BCUT2D eigenvalue weighted by atomic mass is 10.1. The molecule has 0 fully saturated rings. The molecule has 0 radical (unpaired) electrons. The maximum Gasteiger partial charge on any atom is 0.255 e. The van der Waals surface area contributed by atoms with Gasteiger partial charge in [0.05, 0.1) is 11.4 Å². The lowest BCUT2D eigenvalue weighted by Gasteiger charge is -2.11. The van der Waals surface area contributed by atoms with Crippen molar-refractivity contribution in [3.63, 3.8) is 0 Å². The molecule has 0 saturated heterocycles. The molecule has 2 aromatic carbocycles.